The summed E-state index contributed by atoms with van der Waals surface area (Å²) in [6, 6.07) is 4.94. The third-order valence-electron chi connectivity index (χ3n) is 5.27. The maximum Gasteiger partial charge on any atom is 0.351 e. The molecule has 0 saturated carbocycles. The second-order valence-electron chi connectivity index (χ2n) is 7.89. The largest absolute Gasteiger partial charge is 0.394 e. The molecule has 12 heteroatoms. The number of aliphatic hydroxyl groups excluding tert-OH is 2. The van der Waals surface area contributed by atoms with Gasteiger partial charge in [-0.1, -0.05) is 13.8 Å². The van der Waals surface area contributed by atoms with E-state index in [1.54, 1.807) is 12.1 Å². The Morgan fingerprint density at radius 2 is 2.19 bits per heavy atom. The van der Waals surface area contributed by atoms with Gasteiger partial charge in [-0.15, -0.1) is 0 Å². The van der Waals surface area contributed by atoms with Crippen molar-refractivity contribution in [2.45, 2.75) is 51.4 Å². The van der Waals surface area contributed by atoms with Crippen molar-refractivity contribution in [2.75, 3.05) is 12.3 Å². The Morgan fingerprint density at radius 1 is 1.47 bits per heavy atom. The number of hydrogen-bond donors (Lipinski definition) is 3. The summed E-state index contributed by atoms with van der Waals surface area (Å²) in [4.78, 5) is 27.3. The molecule has 1 aromatic carbocycles. The van der Waals surface area contributed by atoms with Crippen molar-refractivity contribution in [2.24, 2.45) is 5.92 Å². The van der Waals surface area contributed by atoms with Crippen molar-refractivity contribution in [3.63, 3.8) is 0 Å². The molecule has 3 rings (SSSR count). The van der Waals surface area contributed by atoms with E-state index in [0.717, 1.165) is 3.57 Å². The van der Waals surface area contributed by atoms with Gasteiger partial charge in [0.15, 0.2) is 0 Å². The minimum atomic E-state index is -0.916. The molecule has 11 nitrogen and oxygen atoms in total. The molecule has 4 atom stereocenters. The van der Waals surface area contributed by atoms with Crippen LogP contribution in [0.3, 0.4) is 0 Å². The molecule has 1 fully saturated rings. The van der Waals surface area contributed by atoms with Gasteiger partial charge in [-0.2, -0.15) is 4.98 Å². The van der Waals surface area contributed by atoms with E-state index in [1.807, 2.05) is 36.4 Å². The van der Waals surface area contributed by atoms with Gasteiger partial charge in [0.1, 0.15) is 18.1 Å². The third-order valence-corrected chi connectivity index (χ3v) is 5.95. The molecule has 1 aromatic heterocycles. The van der Waals surface area contributed by atoms with Gasteiger partial charge in [-0.05, 0) is 40.6 Å². The number of aliphatic hydroxyl groups is 2. The smallest absolute Gasteiger partial charge is 0.351 e. The maximum absolute atomic E-state index is 12.3. The molecule has 174 valence electrons. The molecule has 2 aromatic rings. The molecular weight excluding hydrogens is 535 g/mol. The summed E-state index contributed by atoms with van der Waals surface area (Å²) in [5, 5.41) is 30.8. The number of benzene rings is 1. The number of nitro groups is 1. The quantitative estimate of drug-likeness (QED) is 0.249. The molecule has 1 saturated heterocycles. The maximum atomic E-state index is 12.3. The van der Waals surface area contributed by atoms with Crippen molar-refractivity contribution in [1.82, 2.24) is 9.55 Å². The first-order valence-electron chi connectivity index (χ1n) is 9.99. The van der Waals surface area contributed by atoms with E-state index in [4.69, 9.17) is 15.2 Å². The highest BCUT2D eigenvalue weighted by Gasteiger charge is 2.35. The number of anilines is 1. The average Bonchev–Trinajstić information content (AvgIpc) is 3.10. The van der Waals surface area contributed by atoms with Crippen molar-refractivity contribution < 1.29 is 24.6 Å². The summed E-state index contributed by atoms with van der Waals surface area (Å²) in [5.74, 6) is -0.115. The predicted molar refractivity (Wildman–Crippen MR) is 123 cm³/mol. The molecule has 2 heterocycles. The first-order valence-corrected chi connectivity index (χ1v) is 11.1. The zero-order valence-corrected chi connectivity index (χ0v) is 19.7. The summed E-state index contributed by atoms with van der Waals surface area (Å²) in [6.07, 6.45) is -1.56. The highest BCUT2D eigenvalue weighted by molar-refractivity contribution is 14.1. The van der Waals surface area contributed by atoms with E-state index >= 15 is 0 Å². The zero-order valence-electron chi connectivity index (χ0n) is 17.6. The first-order chi connectivity index (χ1) is 15.1. The van der Waals surface area contributed by atoms with Gasteiger partial charge in [0.05, 0.1) is 35.9 Å². The molecule has 0 aliphatic carbocycles. The van der Waals surface area contributed by atoms with Crippen molar-refractivity contribution in [1.29, 1.82) is 0 Å². The lowest BCUT2D eigenvalue weighted by atomic mass is 9.97. The van der Waals surface area contributed by atoms with Gasteiger partial charge in [-0.3, -0.25) is 14.7 Å². The summed E-state index contributed by atoms with van der Waals surface area (Å²) < 4.78 is 13.5. The van der Waals surface area contributed by atoms with Crippen LogP contribution in [0.2, 0.25) is 0 Å². The zero-order chi connectivity index (χ0) is 23.6. The fourth-order valence-electron chi connectivity index (χ4n) is 3.63. The fourth-order valence-corrected chi connectivity index (χ4v) is 4.10. The van der Waals surface area contributed by atoms with Gasteiger partial charge in [0.25, 0.3) is 5.69 Å². The van der Waals surface area contributed by atoms with Crippen molar-refractivity contribution >= 4 is 34.1 Å². The van der Waals surface area contributed by atoms with E-state index in [9.17, 15) is 25.1 Å². The van der Waals surface area contributed by atoms with Crippen molar-refractivity contribution in [3.8, 4) is 0 Å². The Bertz CT molecular complexity index is 1050. The lowest BCUT2D eigenvalue weighted by Crippen LogP contribution is -2.29. The molecule has 0 bridgehead atoms. The van der Waals surface area contributed by atoms with Gasteiger partial charge < -0.3 is 25.4 Å². The molecule has 0 spiro atoms. The van der Waals surface area contributed by atoms with Crippen molar-refractivity contribution in [3.05, 3.63) is 59.7 Å². The van der Waals surface area contributed by atoms with Gasteiger partial charge in [-0.25, -0.2) is 4.79 Å². The lowest BCUT2D eigenvalue weighted by Gasteiger charge is -2.23. The van der Waals surface area contributed by atoms with Crippen LogP contribution in [-0.4, -0.2) is 43.5 Å². The van der Waals surface area contributed by atoms with Crippen LogP contribution in [0.1, 0.15) is 43.7 Å². The Morgan fingerprint density at radius 3 is 2.78 bits per heavy atom. The van der Waals surface area contributed by atoms with E-state index < -0.39 is 35.2 Å². The molecular formula is C20H25IN4O7. The van der Waals surface area contributed by atoms with E-state index in [0.29, 0.717) is 11.1 Å². The lowest BCUT2D eigenvalue weighted by molar-refractivity contribution is -0.386. The molecule has 1 aliphatic rings. The SMILES string of the molecule is CC(C)[C@@H](OCc1cn([C@H]2CC(O)[C@@H](CO)O2)c(=O)nc1N)c1ccc(I)cc1[N+](=O)[O-]. The Labute approximate surface area is 197 Å². The fraction of sp³-hybridized carbons (Fsp3) is 0.500. The van der Waals surface area contributed by atoms with E-state index in [-0.39, 0.29) is 37.1 Å². The number of hydrogen-bond acceptors (Lipinski definition) is 9. The molecule has 1 aliphatic heterocycles. The normalized spacial score (nSPS) is 21.8. The Hall–Kier alpha value is -2.13. The number of ether oxygens (including phenoxy) is 2. The summed E-state index contributed by atoms with van der Waals surface area (Å²) in [5.41, 5.74) is 6.08. The molecule has 1 unspecified atom stereocenters. The number of nitro benzene ring substituents is 1. The van der Waals surface area contributed by atoms with Gasteiger partial charge >= 0.3 is 5.69 Å². The summed E-state index contributed by atoms with van der Waals surface area (Å²) in [7, 11) is 0. The summed E-state index contributed by atoms with van der Waals surface area (Å²) >= 11 is 2.01. The number of nitrogens with two attached hydrogens (primary N) is 1. The predicted octanol–water partition coefficient (Wildman–Crippen LogP) is 1.89. The highest BCUT2D eigenvalue weighted by Crippen LogP contribution is 2.35. The Balaban J connectivity index is 1.87. The number of aromatic nitrogens is 2. The van der Waals surface area contributed by atoms with Crippen LogP contribution in [0.4, 0.5) is 11.5 Å². The van der Waals surface area contributed by atoms with E-state index in [2.05, 4.69) is 4.98 Å². The molecule has 0 amide bonds. The van der Waals surface area contributed by atoms with Crippen LogP contribution in [0.5, 0.6) is 0 Å². The first kappa shape index (κ1) is 24.5. The number of nitrogens with zero attached hydrogens (tertiary/aromatic N) is 3. The minimum Gasteiger partial charge on any atom is -0.394 e. The topological polar surface area (TPSA) is 163 Å². The van der Waals surface area contributed by atoms with Crippen LogP contribution in [0.15, 0.2) is 29.2 Å². The monoisotopic (exact) mass is 560 g/mol. The molecule has 4 N–H and O–H groups in total. The summed E-state index contributed by atoms with van der Waals surface area (Å²) in [6.45, 7) is 3.34. The van der Waals surface area contributed by atoms with Crippen LogP contribution in [0, 0.1) is 19.6 Å². The standard InChI is InChI=1S/C20H25IN4O7/c1-10(2)18(13-4-3-12(21)5-14(13)25(29)30)31-9-11-7-24(20(28)23-19(11)22)17-6-15(27)16(8-26)32-17/h3-5,7,10,15-18,26-27H,6,8-9H2,1-2H3,(H2,22,23,28)/t15?,16-,17-,18-/m1/s1. The van der Waals surface area contributed by atoms with E-state index in [1.165, 1.54) is 16.8 Å². The Kier molecular flexibility index (Phi) is 7.82. The van der Waals surface area contributed by atoms with Gasteiger partial charge in [0.2, 0.25) is 0 Å². The second kappa shape index (κ2) is 10.2. The molecule has 32 heavy (non-hydrogen) atoms. The van der Waals surface area contributed by atoms with Crippen LogP contribution >= 0.6 is 22.6 Å². The molecule has 0 radical (unpaired) electrons. The second-order valence-corrected chi connectivity index (χ2v) is 9.14. The number of rotatable bonds is 8. The third kappa shape index (κ3) is 5.26. The number of nitrogen functional groups attached to an aromatic ring is 1. The highest BCUT2D eigenvalue weighted by atomic mass is 127. The van der Waals surface area contributed by atoms with Crippen LogP contribution < -0.4 is 11.4 Å². The minimum absolute atomic E-state index is 0.0249. The average molecular weight is 560 g/mol. The number of halogens is 1. The van der Waals surface area contributed by atoms with Gasteiger partial charge in [0, 0.05) is 27.8 Å². The van der Waals surface area contributed by atoms with Crippen LogP contribution in [-0.2, 0) is 16.1 Å². The van der Waals surface area contributed by atoms with Crippen LogP contribution in [0.25, 0.3) is 0 Å².